The molecule has 0 spiro atoms. The van der Waals surface area contributed by atoms with Crippen LogP contribution in [0.2, 0.25) is 0 Å². The Morgan fingerprint density at radius 1 is 0.950 bits per heavy atom. The van der Waals surface area contributed by atoms with Crippen LogP contribution in [0.3, 0.4) is 0 Å². The Labute approximate surface area is 120 Å². The molecule has 2 rings (SSSR count). The highest BCUT2D eigenvalue weighted by Crippen LogP contribution is 2.24. The molecule has 0 aliphatic carbocycles. The Morgan fingerprint density at radius 2 is 1.60 bits per heavy atom. The molecule has 1 aromatic carbocycles. The summed E-state index contributed by atoms with van der Waals surface area (Å²) in [5.74, 6) is 0.761. The third-order valence-electron chi connectivity index (χ3n) is 3.07. The second-order valence-electron chi connectivity index (χ2n) is 5.52. The van der Waals surface area contributed by atoms with Gasteiger partial charge >= 0.3 is 0 Å². The molecule has 2 aromatic rings. The van der Waals surface area contributed by atoms with Gasteiger partial charge in [0.15, 0.2) is 0 Å². The summed E-state index contributed by atoms with van der Waals surface area (Å²) in [4.78, 5) is 4.22. The average Bonchev–Trinajstić information content (AvgIpc) is 2.36. The predicted molar refractivity (Wildman–Crippen MR) is 81.9 cm³/mol. The smallest absolute Gasteiger partial charge is 0.138 e. The second kappa shape index (κ2) is 6.06. The largest absolute Gasteiger partial charge is 0.489 e. The minimum atomic E-state index is -0.184. The van der Waals surface area contributed by atoms with E-state index < -0.39 is 0 Å². The van der Waals surface area contributed by atoms with E-state index in [1.807, 2.05) is 19.9 Å². The molecule has 1 unspecified atom stereocenters. The highest BCUT2D eigenvalue weighted by Gasteiger charge is 2.11. The lowest BCUT2D eigenvalue weighted by molar-refractivity contribution is 0.241. The molecular formula is C17H22N2O. The summed E-state index contributed by atoms with van der Waals surface area (Å²) in [7, 11) is 0. The molecule has 0 bridgehead atoms. The highest BCUT2D eigenvalue weighted by molar-refractivity contribution is 5.37. The number of hydrogen-bond donors (Lipinski definition) is 1. The molecule has 0 aliphatic heterocycles. The van der Waals surface area contributed by atoms with Crippen molar-refractivity contribution in [3.05, 3.63) is 58.9 Å². The molecule has 1 heterocycles. The van der Waals surface area contributed by atoms with Gasteiger partial charge in [-0.1, -0.05) is 29.3 Å². The molecule has 0 aliphatic rings. The molecule has 0 saturated carbocycles. The van der Waals surface area contributed by atoms with Crippen molar-refractivity contribution in [2.24, 2.45) is 5.73 Å². The lowest BCUT2D eigenvalue weighted by Crippen LogP contribution is -2.13. The molecule has 0 fully saturated rings. The number of ether oxygens (including phenoxy) is 1. The van der Waals surface area contributed by atoms with E-state index in [-0.39, 0.29) is 12.1 Å². The Hall–Kier alpha value is -1.87. The van der Waals surface area contributed by atoms with Crippen molar-refractivity contribution in [1.82, 2.24) is 4.98 Å². The van der Waals surface area contributed by atoms with Crippen LogP contribution in [-0.4, -0.2) is 11.1 Å². The van der Waals surface area contributed by atoms with E-state index >= 15 is 0 Å². The number of pyridine rings is 1. The maximum atomic E-state index is 6.36. The van der Waals surface area contributed by atoms with Crippen LogP contribution in [0.5, 0.6) is 5.75 Å². The predicted octanol–water partition coefficient (Wildman–Crippen LogP) is 3.53. The fourth-order valence-corrected chi connectivity index (χ4v) is 2.32. The van der Waals surface area contributed by atoms with Crippen LogP contribution in [0.15, 0.2) is 36.7 Å². The Bertz CT molecular complexity index is 573. The summed E-state index contributed by atoms with van der Waals surface area (Å²) < 4.78 is 5.67. The van der Waals surface area contributed by atoms with Crippen molar-refractivity contribution < 1.29 is 4.74 Å². The average molecular weight is 270 g/mol. The van der Waals surface area contributed by atoms with E-state index in [1.54, 1.807) is 12.4 Å². The summed E-state index contributed by atoms with van der Waals surface area (Å²) in [5, 5.41) is 0. The number of nitrogens with zero attached hydrogens (tertiary/aromatic N) is 1. The maximum Gasteiger partial charge on any atom is 0.138 e. The van der Waals surface area contributed by atoms with Gasteiger partial charge in [-0.25, -0.2) is 0 Å². The van der Waals surface area contributed by atoms with Crippen molar-refractivity contribution in [1.29, 1.82) is 0 Å². The van der Waals surface area contributed by atoms with Crippen LogP contribution in [-0.2, 0) is 0 Å². The van der Waals surface area contributed by atoms with Crippen LogP contribution in [0.1, 0.15) is 42.1 Å². The first-order chi connectivity index (χ1) is 9.45. The van der Waals surface area contributed by atoms with E-state index in [2.05, 4.69) is 37.0 Å². The normalized spacial score (nSPS) is 12.5. The number of aryl methyl sites for hydroxylation is 2. The van der Waals surface area contributed by atoms with Crippen LogP contribution >= 0.6 is 0 Å². The van der Waals surface area contributed by atoms with Gasteiger partial charge in [0, 0.05) is 6.20 Å². The van der Waals surface area contributed by atoms with Gasteiger partial charge in [-0.3, -0.25) is 4.98 Å². The molecule has 0 radical (unpaired) electrons. The van der Waals surface area contributed by atoms with Crippen molar-refractivity contribution in [2.75, 3.05) is 0 Å². The molecule has 0 amide bonds. The van der Waals surface area contributed by atoms with Crippen LogP contribution < -0.4 is 10.5 Å². The van der Waals surface area contributed by atoms with Crippen LogP contribution in [0.4, 0.5) is 0 Å². The summed E-state index contributed by atoms with van der Waals surface area (Å²) in [6.45, 7) is 8.16. The van der Waals surface area contributed by atoms with Gasteiger partial charge in [0.2, 0.25) is 0 Å². The van der Waals surface area contributed by atoms with Gasteiger partial charge in [-0.05, 0) is 44.9 Å². The van der Waals surface area contributed by atoms with Gasteiger partial charge in [-0.2, -0.15) is 0 Å². The second-order valence-corrected chi connectivity index (χ2v) is 5.52. The number of benzene rings is 1. The summed E-state index contributed by atoms with van der Waals surface area (Å²) in [6.07, 6.45) is 3.65. The zero-order valence-corrected chi connectivity index (χ0v) is 12.6. The van der Waals surface area contributed by atoms with Crippen molar-refractivity contribution in [2.45, 2.75) is 39.8 Å². The van der Waals surface area contributed by atoms with E-state index in [0.717, 1.165) is 16.9 Å². The van der Waals surface area contributed by atoms with Crippen molar-refractivity contribution in [3.8, 4) is 5.75 Å². The van der Waals surface area contributed by atoms with Crippen molar-refractivity contribution >= 4 is 0 Å². The van der Waals surface area contributed by atoms with Crippen LogP contribution in [0.25, 0.3) is 0 Å². The highest BCUT2D eigenvalue weighted by atomic mass is 16.5. The van der Waals surface area contributed by atoms with Crippen LogP contribution in [0, 0.1) is 13.8 Å². The Balaban J connectivity index is 2.30. The zero-order chi connectivity index (χ0) is 14.7. The topological polar surface area (TPSA) is 48.1 Å². The first-order valence-corrected chi connectivity index (χ1v) is 6.91. The maximum absolute atomic E-state index is 6.36. The first-order valence-electron chi connectivity index (χ1n) is 6.91. The van der Waals surface area contributed by atoms with Crippen molar-refractivity contribution in [3.63, 3.8) is 0 Å². The molecule has 20 heavy (non-hydrogen) atoms. The zero-order valence-electron chi connectivity index (χ0n) is 12.6. The lowest BCUT2D eigenvalue weighted by Gasteiger charge is -2.16. The number of nitrogens with two attached hydrogens (primary N) is 1. The lowest BCUT2D eigenvalue weighted by atomic mass is 9.97. The molecule has 3 nitrogen and oxygen atoms in total. The molecular weight excluding hydrogens is 248 g/mol. The SMILES string of the molecule is Cc1cc(C)cc(C(N)c2cncc(OC(C)C)c2)c1. The minimum Gasteiger partial charge on any atom is -0.489 e. The van der Waals surface area contributed by atoms with Gasteiger partial charge in [0.1, 0.15) is 5.75 Å². The number of hydrogen-bond acceptors (Lipinski definition) is 3. The molecule has 1 atom stereocenters. The summed E-state index contributed by atoms with van der Waals surface area (Å²) >= 11 is 0. The van der Waals surface area contributed by atoms with Gasteiger partial charge in [0.05, 0.1) is 18.3 Å². The Kier molecular flexibility index (Phi) is 4.40. The number of aromatic nitrogens is 1. The minimum absolute atomic E-state index is 0.129. The molecule has 106 valence electrons. The van der Waals surface area contributed by atoms with Gasteiger partial charge in [0.25, 0.3) is 0 Å². The quantitative estimate of drug-likeness (QED) is 0.924. The molecule has 2 N–H and O–H groups in total. The molecule has 0 saturated heterocycles. The standard InChI is InChI=1S/C17H22N2O/c1-11(2)20-16-8-15(9-19-10-16)17(18)14-6-12(3)5-13(4)7-14/h5-11,17H,18H2,1-4H3. The van der Waals surface area contributed by atoms with Gasteiger partial charge in [-0.15, -0.1) is 0 Å². The fraction of sp³-hybridized carbons (Fsp3) is 0.353. The van der Waals surface area contributed by atoms with E-state index in [0.29, 0.717) is 0 Å². The van der Waals surface area contributed by atoms with E-state index in [4.69, 9.17) is 10.5 Å². The molecule has 3 heteroatoms. The fourth-order valence-electron chi connectivity index (χ4n) is 2.32. The van der Waals surface area contributed by atoms with E-state index in [9.17, 15) is 0 Å². The number of rotatable bonds is 4. The first kappa shape index (κ1) is 14.5. The summed E-state index contributed by atoms with van der Waals surface area (Å²) in [5.41, 5.74) is 10.9. The monoisotopic (exact) mass is 270 g/mol. The van der Waals surface area contributed by atoms with E-state index in [1.165, 1.54) is 11.1 Å². The Morgan fingerprint density at radius 3 is 2.20 bits per heavy atom. The molecule has 1 aromatic heterocycles. The third kappa shape index (κ3) is 3.58. The summed E-state index contributed by atoms with van der Waals surface area (Å²) in [6, 6.07) is 8.17. The van der Waals surface area contributed by atoms with Gasteiger partial charge < -0.3 is 10.5 Å². The third-order valence-corrected chi connectivity index (χ3v) is 3.07.